The summed E-state index contributed by atoms with van der Waals surface area (Å²) in [5.74, 6) is 1.84. The molecule has 5 heteroatoms. The summed E-state index contributed by atoms with van der Waals surface area (Å²) in [6.45, 7) is 5.36. The Morgan fingerprint density at radius 1 is 1.22 bits per heavy atom. The third kappa shape index (κ3) is 3.92. The minimum atomic E-state index is -0.623. The molecule has 1 N–H and O–H groups in total. The van der Waals surface area contributed by atoms with E-state index < -0.39 is 5.60 Å². The molecule has 0 unspecified atom stereocenters. The lowest BCUT2D eigenvalue weighted by molar-refractivity contribution is -0.0361. The van der Waals surface area contributed by atoms with Crippen LogP contribution >= 0.6 is 0 Å². The molecule has 0 amide bonds. The lowest BCUT2D eigenvalue weighted by atomic mass is 9.91. The van der Waals surface area contributed by atoms with Gasteiger partial charge in [0.2, 0.25) is 0 Å². The number of hydrogen-bond acceptors (Lipinski definition) is 4. The number of hydrogen-bond donors (Lipinski definition) is 1. The highest BCUT2D eigenvalue weighted by molar-refractivity contribution is 5.27. The minimum absolute atomic E-state index is 0.623. The van der Waals surface area contributed by atoms with E-state index in [2.05, 4.69) is 22.0 Å². The number of rotatable bonds is 5. The highest BCUT2D eigenvalue weighted by Gasteiger charge is 2.32. The van der Waals surface area contributed by atoms with Gasteiger partial charge < -0.3 is 14.4 Å². The van der Waals surface area contributed by atoms with Crippen molar-refractivity contribution in [3.8, 4) is 5.75 Å². The van der Waals surface area contributed by atoms with Gasteiger partial charge in [-0.3, -0.25) is 4.90 Å². The van der Waals surface area contributed by atoms with Crippen LogP contribution in [0.5, 0.6) is 5.75 Å². The predicted octanol–water partition coefficient (Wildman–Crippen LogP) is 2.23. The number of methoxy groups -OCH3 is 1. The van der Waals surface area contributed by atoms with Crippen molar-refractivity contribution in [3.63, 3.8) is 0 Å². The largest absolute Gasteiger partial charge is 0.497 e. The quantitative estimate of drug-likeness (QED) is 0.919. The average molecular weight is 315 g/mol. The van der Waals surface area contributed by atoms with Gasteiger partial charge in [-0.1, -0.05) is 12.1 Å². The lowest BCUT2D eigenvalue weighted by Crippen LogP contribution is -2.46. The van der Waals surface area contributed by atoms with Gasteiger partial charge in [-0.25, -0.2) is 4.98 Å². The number of aliphatic hydroxyl groups is 1. The van der Waals surface area contributed by atoms with E-state index in [4.69, 9.17) is 4.74 Å². The SMILES string of the molecule is COc1ccc(CN2CCC(O)(Cn3ccnc3C)CC2)cc1. The number of piperidine rings is 1. The van der Waals surface area contributed by atoms with E-state index in [1.807, 2.05) is 29.8 Å². The van der Waals surface area contributed by atoms with Crippen molar-refractivity contribution < 1.29 is 9.84 Å². The molecule has 2 aromatic rings. The fourth-order valence-corrected chi connectivity index (χ4v) is 3.16. The number of imidazole rings is 1. The van der Waals surface area contributed by atoms with E-state index in [-0.39, 0.29) is 0 Å². The first-order valence-electron chi connectivity index (χ1n) is 8.13. The number of likely N-dealkylation sites (tertiary alicyclic amines) is 1. The van der Waals surface area contributed by atoms with Crippen molar-refractivity contribution >= 4 is 0 Å². The molecule has 3 rings (SSSR count). The highest BCUT2D eigenvalue weighted by atomic mass is 16.5. The van der Waals surface area contributed by atoms with Gasteiger partial charge in [0, 0.05) is 32.0 Å². The van der Waals surface area contributed by atoms with Crippen LogP contribution in [0.25, 0.3) is 0 Å². The minimum Gasteiger partial charge on any atom is -0.497 e. The molecular weight excluding hydrogens is 290 g/mol. The molecule has 1 fully saturated rings. The van der Waals surface area contributed by atoms with Crippen LogP contribution < -0.4 is 4.74 Å². The average Bonchev–Trinajstić information content (AvgIpc) is 2.95. The monoisotopic (exact) mass is 315 g/mol. The van der Waals surface area contributed by atoms with Crippen molar-refractivity contribution in [2.75, 3.05) is 20.2 Å². The van der Waals surface area contributed by atoms with E-state index in [0.29, 0.717) is 6.54 Å². The number of aromatic nitrogens is 2. The van der Waals surface area contributed by atoms with Crippen LogP contribution in [0.3, 0.4) is 0 Å². The summed E-state index contributed by atoms with van der Waals surface area (Å²) >= 11 is 0. The van der Waals surface area contributed by atoms with Crippen LogP contribution in [0, 0.1) is 6.92 Å². The van der Waals surface area contributed by atoms with E-state index >= 15 is 0 Å². The Hall–Kier alpha value is -1.85. The Labute approximate surface area is 137 Å². The van der Waals surface area contributed by atoms with Crippen LogP contribution in [0.2, 0.25) is 0 Å². The Kier molecular flexibility index (Phi) is 4.68. The van der Waals surface area contributed by atoms with Crippen molar-refractivity contribution in [1.29, 1.82) is 0 Å². The second-order valence-corrected chi connectivity index (χ2v) is 6.45. The molecule has 0 atom stereocenters. The number of ether oxygens (including phenoxy) is 1. The van der Waals surface area contributed by atoms with Crippen LogP contribution in [0.15, 0.2) is 36.7 Å². The van der Waals surface area contributed by atoms with Gasteiger partial charge in [0.15, 0.2) is 0 Å². The van der Waals surface area contributed by atoms with Crippen molar-refractivity contribution in [2.24, 2.45) is 0 Å². The van der Waals surface area contributed by atoms with Gasteiger partial charge in [-0.05, 0) is 37.5 Å². The molecule has 0 radical (unpaired) electrons. The van der Waals surface area contributed by atoms with Crippen molar-refractivity contribution in [1.82, 2.24) is 14.5 Å². The van der Waals surface area contributed by atoms with Crippen molar-refractivity contribution in [2.45, 2.75) is 38.5 Å². The molecule has 2 heterocycles. The third-order valence-electron chi connectivity index (χ3n) is 4.74. The zero-order chi connectivity index (χ0) is 16.3. The maximum atomic E-state index is 10.8. The Morgan fingerprint density at radius 2 is 1.91 bits per heavy atom. The van der Waals surface area contributed by atoms with Gasteiger partial charge in [-0.15, -0.1) is 0 Å². The van der Waals surface area contributed by atoms with Crippen LogP contribution in [0.1, 0.15) is 24.2 Å². The van der Waals surface area contributed by atoms with Gasteiger partial charge >= 0.3 is 0 Å². The molecule has 0 spiro atoms. The highest BCUT2D eigenvalue weighted by Crippen LogP contribution is 2.26. The first kappa shape index (κ1) is 16.0. The summed E-state index contributed by atoms with van der Waals surface area (Å²) in [6, 6.07) is 8.21. The van der Waals surface area contributed by atoms with Crippen LogP contribution in [-0.4, -0.2) is 45.4 Å². The molecule has 1 aliphatic rings. The number of benzene rings is 1. The van der Waals surface area contributed by atoms with E-state index in [9.17, 15) is 5.11 Å². The molecule has 0 saturated carbocycles. The zero-order valence-corrected chi connectivity index (χ0v) is 13.9. The first-order chi connectivity index (χ1) is 11.1. The van der Waals surface area contributed by atoms with Crippen LogP contribution in [0.4, 0.5) is 0 Å². The number of aryl methyl sites for hydroxylation is 1. The molecule has 0 bridgehead atoms. The topological polar surface area (TPSA) is 50.5 Å². The fraction of sp³-hybridized carbons (Fsp3) is 0.500. The molecule has 23 heavy (non-hydrogen) atoms. The van der Waals surface area contributed by atoms with Crippen LogP contribution in [-0.2, 0) is 13.1 Å². The summed E-state index contributed by atoms with van der Waals surface area (Å²) in [5, 5.41) is 10.8. The third-order valence-corrected chi connectivity index (χ3v) is 4.74. The molecule has 1 aromatic carbocycles. The fourth-order valence-electron chi connectivity index (χ4n) is 3.16. The van der Waals surface area contributed by atoms with Gasteiger partial charge in [0.05, 0.1) is 19.3 Å². The Morgan fingerprint density at radius 3 is 2.48 bits per heavy atom. The molecule has 1 aliphatic heterocycles. The van der Waals surface area contributed by atoms with Crippen molar-refractivity contribution in [3.05, 3.63) is 48.0 Å². The second kappa shape index (κ2) is 6.72. The first-order valence-corrected chi connectivity index (χ1v) is 8.13. The molecule has 1 aromatic heterocycles. The summed E-state index contributed by atoms with van der Waals surface area (Å²) in [4.78, 5) is 6.63. The smallest absolute Gasteiger partial charge is 0.118 e. The van der Waals surface area contributed by atoms with E-state index in [0.717, 1.165) is 44.0 Å². The summed E-state index contributed by atoms with van der Waals surface area (Å²) < 4.78 is 7.23. The predicted molar refractivity (Wildman–Crippen MR) is 89.4 cm³/mol. The van der Waals surface area contributed by atoms with Gasteiger partial charge in [-0.2, -0.15) is 0 Å². The lowest BCUT2D eigenvalue weighted by Gasteiger charge is -2.38. The molecule has 0 aliphatic carbocycles. The molecular formula is C18H25N3O2. The number of nitrogens with zero attached hydrogens (tertiary/aromatic N) is 3. The maximum absolute atomic E-state index is 10.8. The van der Waals surface area contributed by atoms with E-state index in [1.54, 1.807) is 13.3 Å². The van der Waals surface area contributed by atoms with Gasteiger partial charge in [0.1, 0.15) is 11.6 Å². The van der Waals surface area contributed by atoms with E-state index in [1.165, 1.54) is 5.56 Å². The maximum Gasteiger partial charge on any atom is 0.118 e. The normalized spacial score (nSPS) is 18.0. The second-order valence-electron chi connectivity index (χ2n) is 6.45. The summed E-state index contributed by atoms with van der Waals surface area (Å²) in [7, 11) is 1.68. The van der Waals surface area contributed by atoms with Gasteiger partial charge in [0.25, 0.3) is 0 Å². The molecule has 1 saturated heterocycles. The molecule has 124 valence electrons. The Bertz CT molecular complexity index is 628. The standard InChI is InChI=1S/C18H25N3O2/c1-15-19-9-12-21(15)14-18(22)7-10-20(11-8-18)13-16-3-5-17(23-2)6-4-16/h3-6,9,12,22H,7-8,10-11,13-14H2,1-2H3. The summed E-state index contributed by atoms with van der Waals surface area (Å²) in [6.07, 6.45) is 5.32. The molecule has 5 nitrogen and oxygen atoms in total. The summed E-state index contributed by atoms with van der Waals surface area (Å²) in [5.41, 5.74) is 0.656. The Balaban J connectivity index is 1.54. The zero-order valence-electron chi connectivity index (χ0n) is 13.9.